The van der Waals surface area contributed by atoms with Crippen molar-refractivity contribution in [2.45, 2.75) is 45.7 Å². The van der Waals surface area contributed by atoms with Crippen LogP contribution < -0.4 is 5.32 Å². The van der Waals surface area contributed by atoms with E-state index < -0.39 is 5.97 Å². The topological polar surface area (TPSA) is 88.2 Å². The first-order valence-electron chi connectivity index (χ1n) is 10.5. The third-order valence-electron chi connectivity index (χ3n) is 5.57. The van der Waals surface area contributed by atoms with Crippen molar-refractivity contribution in [2.75, 3.05) is 0 Å². The Morgan fingerprint density at radius 2 is 1.68 bits per heavy atom. The molecule has 2 aromatic carbocycles. The largest absolute Gasteiger partial charge is 0.481 e. The van der Waals surface area contributed by atoms with Crippen molar-refractivity contribution < 1.29 is 14.4 Å². The second kappa shape index (κ2) is 10.1. The molecular weight excluding hydrogens is 414 g/mol. The third-order valence-corrected chi connectivity index (χ3v) is 5.57. The fourth-order valence-electron chi connectivity index (χ4n) is 3.73. The molecule has 1 saturated carbocycles. The first-order chi connectivity index (χ1) is 14.5. The molecule has 1 fully saturated rings. The number of nitrogens with zero attached hydrogens (tertiary/aromatic N) is 2. The predicted molar refractivity (Wildman–Crippen MR) is 122 cm³/mol. The molecule has 3 aromatic rings. The lowest BCUT2D eigenvalue weighted by molar-refractivity contribution is -0.145. The summed E-state index contributed by atoms with van der Waals surface area (Å²) in [4.78, 5) is 15.4. The number of aliphatic carboxylic acids is 1. The second-order valence-electron chi connectivity index (χ2n) is 8.50. The van der Waals surface area contributed by atoms with Gasteiger partial charge in [0.15, 0.2) is 0 Å². The molecule has 0 radical (unpaired) electrons. The molecule has 1 aliphatic rings. The average molecular weight is 442 g/mol. The van der Waals surface area contributed by atoms with E-state index in [1.807, 2.05) is 36.4 Å². The van der Waals surface area contributed by atoms with Gasteiger partial charge in [0.25, 0.3) is 5.89 Å². The molecule has 6 nitrogen and oxygen atoms in total. The molecular formula is C24H28ClN3O3. The van der Waals surface area contributed by atoms with Gasteiger partial charge in [-0.05, 0) is 48.4 Å². The van der Waals surface area contributed by atoms with Crippen molar-refractivity contribution in [1.82, 2.24) is 15.5 Å². The van der Waals surface area contributed by atoms with Gasteiger partial charge in [0.2, 0.25) is 5.82 Å². The van der Waals surface area contributed by atoms with Crippen molar-refractivity contribution >= 4 is 18.4 Å². The number of carboxylic acids is 1. The van der Waals surface area contributed by atoms with E-state index in [9.17, 15) is 4.79 Å². The quantitative estimate of drug-likeness (QED) is 0.512. The summed E-state index contributed by atoms with van der Waals surface area (Å²) in [5, 5.41) is 16.5. The molecule has 0 bridgehead atoms. The van der Waals surface area contributed by atoms with Crippen molar-refractivity contribution in [3.8, 4) is 22.8 Å². The Morgan fingerprint density at radius 1 is 1.06 bits per heavy atom. The highest BCUT2D eigenvalue weighted by molar-refractivity contribution is 5.85. The monoisotopic (exact) mass is 441 g/mol. The normalized spacial score (nSPS) is 17.8. The Labute approximate surface area is 188 Å². The van der Waals surface area contributed by atoms with Crippen LogP contribution in [0, 0.1) is 11.8 Å². The van der Waals surface area contributed by atoms with Gasteiger partial charge in [0, 0.05) is 23.7 Å². The maximum atomic E-state index is 10.9. The molecule has 164 valence electrons. The van der Waals surface area contributed by atoms with Crippen LogP contribution in [0.4, 0.5) is 0 Å². The minimum absolute atomic E-state index is 0. The second-order valence-corrected chi connectivity index (χ2v) is 8.50. The summed E-state index contributed by atoms with van der Waals surface area (Å²) in [5.74, 6) is 0.830. The molecule has 0 unspecified atom stereocenters. The molecule has 1 aromatic heterocycles. The van der Waals surface area contributed by atoms with Gasteiger partial charge in [0.1, 0.15) is 0 Å². The van der Waals surface area contributed by atoms with Gasteiger partial charge in [0.05, 0.1) is 5.92 Å². The minimum atomic E-state index is -0.692. The van der Waals surface area contributed by atoms with Crippen LogP contribution in [0.3, 0.4) is 0 Å². The van der Waals surface area contributed by atoms with Crippen molar-refractivity contribution in [1.29, 1.82) is 0 Å². The van der Waals surface area contributed by atoms with E-state index >= 15 is 0 Å². The molecule has 0 saturated heterocycles. The van der Waals surface area contributed by atoms with Crippen molar-refractivity contribution in [3.05, 3.63) is 59.7 Å². The van der Waals surface area contributed by atoms with E-state index in [2.05, 4.69) is 41.4 Å². The molecule has 1 aliphatic carbocycles. The number of nitrogens with one attached hydrogen (secondary N) is 1. The van der Waals surface area contributed by atoms with E-state index in [4.69, 9.17) is 9.63 Å². The summed E-state index contributed by atoms with van der Waals surface area (Å²) in [6.45, 7) is 5.14. The van der Waals surface area contributed by atoms with Gasteiger partial charge in [-0.2, -0.15) is 4.98 Å². The zero-order valence-electron chi connectivity index (χ0n) is 17.7. The fraction of sp³-hybridized carbons (Fsp3) is 0.375. The molecule has 0 aliphatic heterocycles. The number of carboxylic acid groups (broad SMARTS) is 1. The van der Waals surface area contributed by atoms with E-state index in [-0.39, 0.29) is 24.4 Å². The standard InChI is InChI=1S/C24H27N3O3.ClH/c1-15(2)11-16-3-7-18(8-4-16)22-26-23(30-27-22)19-9-5-17(6-10-19)14-25-21-12-20(13-21)24(28)29;/h3-10,15,20-21,25H,11-14H2,1-2H3,(H,28,29);1H/t20-,21+;. The van der Waals surface area contributed by atoms with Gasteiger partial charge in [-0.25, -0.2) is 0 Å². The summed E-state index contributed by atoms with van der Waals surface area (Å²) in [6, 6.07) is 16.6. The fourth-order valence-corrected chi connectivity index (χ4v) is 3.73. The van der Waals surface area contributed by atoms with Crippen LogP contribution in [0.15, 0.2) is 53.1 Å². The Balaban J connectivity index is 0.00000272. The molecule has 2 N–H and O–H groups in total. The number of aromatic nitrogens is 2. The minimum Gasteiger partial charge on any atom is -0.481 e. The lowest BCUT2D eigenvalue weighted by atomic mass is 9.80. The van der Waals surface area contributed by atoms with Gasteiger partial charge in [-0.3, -0.25) is 4.79 Å². The lowest BCUT2D eigenvalue weighted by Gasteiger charge is -2.33. The van der Waals surface area contributed by atoms with Crippen LogP contribution in [0.1, 0.15) is 37.8 Å². The Bertz CT molecular complexity index is 994. The third kappa shape index (κ3) is 5.71. The molecule has 1 heterocycles. The van der Waals surface area contributed by atoms with Gasteiger partial charge >= 0.3 is 5.97 Å². The van der Waals surface area contributed by atoms with Crippen LogP contribution in [-0.4, -0.2) is 27.3 Å². The molecule has 4 rings (SSSR count). The summed E-state index contributed by atoms with van der Waals surface area (Å²) in [5.41, 5.74) is 4.27. The number of benzene rings is 2. The predicted octanol–water partition coefficient (Wildman–Crippen LogP) is 4.98. The van der Waals surface area contributed by atoms with Crippen molar-refractivity contribution in [3.63, 3.8) is 0 Å². The molecule has 0 spiro atoms. The first-order valence-corrected chi connectivity index (χ1v) is 10.5. The molecule has 31 heavy (non-hydrogen) atoms. The highest BCUT2D eigenvalue weighted by Gasteiger charge is 2.33. The Morgan fingerprint density at radius 3 is 2.29 bits per heavy atom. The average Bonchev–Trinajstić information content (AvgIpc) is 3.17. The van der Waals surface area contributed by atoms with Crippen LogP contribution in [0.2, 0.25) is 0 Å². The van der Waals surface area contributed by atoms with E-state index in [0.717, 1.165) is 29.7 Å². The Kier molecular flexibility index (Phi) is 7.46. The lowest BCUT2D eigenvalue weighted by Crippen LogP contribution is -2.43. The first kappa shape index (κ1) is 23.0. The van der Waals surface area contributed by atoms with E-state index in [1.165, 1.54) is 5.56 Å². The zero-order valence-corrected chi connectivity index (χ0v) is 18.6. The van der Waals surface area contributed by atoms with Crippen LogP contribution in [0.5, 0.6) is 0 Å². The molecule has 0 amide bonds. The summed E-state index contributed by atoms with van der Waals surface area (Å²) in [7, 11) is 0. The smallest absolute Gasteiger partial charge is 0.306 e. The SMILES string of the molecule is CC(C)Cc1ccc(-c2noc(-c3ccc(CN[C@H]4C[C@@H](C(=O)O)C4)cc3)n2)cc1.Cl. The summed E-state index contributed by atoms with van der Waals surface area (Å²) < 4.78 is 5.47. The Hall–Kier alpha value is -2.70. The van der Waals surface area contributed by atoms with Crippen molar-refractivity contribution in [2.24, 2.45) is 11.8 Å². The van der Waals surface area contributed by atoms with E-state index in [0.29, 0.717) is 30.5 Å². The highest BCUT2D eigenvalue weighted by atomic mass is 35.5. The number of rotatable bonds is 8. The number of hydrogen-bond donors (Lipinski definition) is 2. The zero-order chi connectivity index (χ0) is 21.1. The number of hydrogen-bond acceptors (Lipinski definition) is 5. The number of halogens is 1. The highest BCUT2D eigenvalue weighted by Crippen LogP contribution is 2.28. The number of carbonyl (C=O) groups is 1. The van der Waals surface area contributed by atoms with E-state index in [1.54, 1.807) is 0 Å². The van der Waals surface area contributed by atoms with Gasteiger partial charge in [-0.1, -0.05) is 55.4 Å². The summed E-state index contributed by atoms with van der Waals surface area (Å²) >= 11 is 0. The van der Waals surface area contributed by atoms with Crippen LogP contribution in [0.25, 0.3) is 22.8 Å². The molecule has 7 heteroatoms. The maximum absolute atomic E-state index is 10.9. The van der Waals surface area contributed by atoms with Crippen LogP contribution in [-0.2, 0) is 17.8 Å². The maximum Gasteiger partial charge on any atom is 0.306 e. The van der Waals surface area contributed by atoms with Crippen LogP contribution >= 0.6 is 12.4 Å². The molecule has 0 atom stereocenters. The van der Waals surface area contributed by atoms with Gasteiger partial charge in [-0.15, -0.1) is 12.4 Å². The van der Waals surface area contributed by atoms with Gasteiger partial charge < -0.3 is 14.9 Å². The summed E-state index contributed by atoms with van der Waals surface area (Å²) in [6.07, 6.45) is 2.47.